The summed E-state index contributed by atoms with van der Waals surface area (Å²) in [5, 5.41) is 5.75. The van der Waals surface area contributed by atoms with Gasteiger partial charge in [-0.3, -0.25) is 4.79 Å². The lowest BCUT2D eigenvalue weighted by atomic mass is 9.82. The molecule has 2 amide bonds. The number of ether oxygens (including phenoxy) is 1. The van der Waals surface area contributed by atoms with Crippen molar-refractivity contribution in [2.75, 3.05) is 6.54 Å². The minimum absolute atomic E-state index is 0.0428. The number of hydrogen-bond acceptors (Lipinski definition) is 3. The minimum atomic E-state index is -0.492. The maximum atomic E-state index is 11.9. The van der Waals surface area contributed by atoms with Gasteiger partial charge in [-0.1, -0.05) is 12.8 Å². The summed E-state index contributed by atoms with van der Waals surface area (Å²) in [6, 6.07) is 0.0428. The third-order valence-electron chi connectivity index (χ3n) is 3.43. The van der Waals surface area contributed by atoms with Crippen molar-refractivity contribution in [1.29, 1.82) is 0 Å². The molecule has 0 radical (unpaired) electrons. The highest BCUT2D eigenvalue weighted by molar-refractivity contribution is 5.76. The van der Waals surface area contributed by atoms with Gasteiger partial charge in [0.05, 0.1) is 0 Å². The first-order valence-corrected chi connectivity index (χ1v) is 7.58. The number of carbonyl (C=O) groups excluding carboxylic acids is 2. The molecule has 1 fully saturated rings. The standard InChI is InChI=1S/C15H28N2O3/c1-5-16-13(18)10-11-8-6-7-9-12(11)17-14(19)20-15(2,3)4/h11-12H,5-10H2,1-4H3,(H,16,18)(H,17,19)/t11-,12+/m0/s1. The maximum Gasteiger partial charge on any atom is 0.407 e. The van der Waals surface area contributed by atoms with Gasteiger partial charge in [0, 0.05) is 19.0 Å². The van der Waals surface area contributed by atoms with E-state index in [0.717, 1.165) is 25.7 Å². The monoisotopic (exact) mass is 284 g/mol. The summed E-state index contributed by atoms with van der Waals surface area (Å²) >= 11 is 0. The first kappa shape index (κ1) is 16.8. The van der Waals surface area contributed by atoms with Crippen molar-refractivity contribution in [1.82, 2.24) is 10.6 Å². The van der Waals surface area contributed by atoms with Crippen LogP contribution in [0.5, 0.6) is 0 Å². The fourth-order valence-electron chi connectivity index (χ4n) is 2.61. The Bertz CT molecular complexity index is 337. The Kier molecular flexibility index (Phi) is 6.30. The molecule has 1 aliphatic rings. The van der Waals surface area contributed by atoms with E-state index >= 15 is 0 Å². The molecular weight excluding hydrogens is 256 g/mol. The van der Waals surface area contributed by atoms with Crippen LogP contribution in [0, 0.1) is 5.92 Å². The van der Waals surface area contributed by atoms with Gasteiger partial charge in [-0.2, -0.15) is 0 Å². The van der Waals surface area contributed by atoms with E-state index < -0.39 is 5.60 Å². The molecule has 2 atom stereocenters. The molecule has 0 saturated heterocycles. The van der Waals surface area contributed by atoms with Crippen LogP contribution < -0.4 is 10.6 Å². The number of rotatable bonds is 4. The van der Waals surface area contributed by atoms with Crippen LogP contribution >= 0.6 is 0 Å². The fraction of sp³-hybridized carbons (Fsp3) is 0.867. The van der Waals surface area contributed by atoms with Crippen LogP contribution in [0.25, 0.3) is 0 Å². The topological polar surface area (TPSA) is 67.4 Å². The summed E-state index contributed by atoms with van der Waals surface area (Å²) in [6.07, 6.45) is 4.21. The van der Waals surface area contributed by atoms with Crippen molar-refractivity contribution < 1.29 is 14.3 Å². The summed E-state index contributed by atoms with van der Waals surface area (Å²) in [7, 11) is 0. The van der Waals surface area contributed by atoms with Gasteiger partial charge in [-0.25, -0.2) is 4.79 Å². The van der Waals surface area contributed by atoms with E-state index in [1.165, 1.54) is 0 Å². The zero-order valence-corrected chi connectivity index (χ0v) is 13.1. The summed E-state index contributed by atoms with van der Waals surface area (Å²) in [4.78, 5) is 23.6. The van der Waals surface area contributed by atoms with E-state index in [4.69, 9.17) is 4.74 Å². The molecule has 1 rings (SSSR count). The Labute approximate surface area is 121 Å². The third-order valence-corrected chi connectivity index (χ3v) is 3.43. The Balaban J connectivity index is 2.51. The maximum absolute atomic E-state index is 11.9. The molecule has 0 spiro atoms. The van der Waals surface area contributed by atoms with Gasteiger partial charge < -0.3 is 15.4 Å². The normalized spacial score (nSPS) is 23.0. The van der Waals surface area contributed by atoms with Crippen LogP contribution in [0.1, 0.15) is 59.8 Å². The number of alkyl carbamates (subject to hydrolysis) is 1. The van der Waals surface area contributed by atoms with E-state index in [9.17, 15) is 9.59 Å². The zero-order chi connectivity index (χ0) is 15.2. The average Bonchev–Trinajstić information content (AvgIpc) is 2.29. The molecule has 20 heavy (non-hydrogen) atoms. The second kappa shape index (κ2) is 7.50. The van der Waals surface area contributed by atoms with Crippen LogP contribution in [0.4, 0.5) is 4.79 Å². The van der Waals surface area contributed by atoms with Gasteiger partial charge >= 0.3 is 6.09 Å². The van der Waals surface area contributed by atoms with Crippen LogP contribution in [0.3, 0.4) is 0 Å². The number of hydrogen-bond donors (Lipinski definition) is 2. The van der Waals surface area contributed by atoms with Crippen molar-refractivity contribution in [2.24, 2.45) is 5.92 Å². The highest BCUT2D eigenvalue weighted by Crippen LogP contribution is 2.27. The fourth-order valence-corrected chi connectivity index (χ4v) is 2.61. The number of carbonyl (C=O) groups is 2. The van der Waals surface area contributed by atoms with Gasteiger partial charge in [-0.15, -0.1) is 0 Å². The van der Waals surface area contributed by atoms with Crippen molar-refractivity contribution in [3.8, 4) is 0 Å². The largest absolute Gasteiger partial charge is 0.444 e. The lowest BCUT2D eigenvalue weighted by Gasteiger charge is -2.32. The van der Waals surface area contributed by atoms with Crippen LogP contribution in [-0.2, 0) is 9.53 Å². The predicted octanol–water partition coefficient (Wildman–Crippen LogP) is 2.60. The minimum Gasteiger partial charge on any atom is -0.444 e. The van der Waals surface area contributed by atoms with Crippen molar-refractivity contribution in [2.45, 2.75) is 71.4 Å². The van der Waals surface area contributed by atoms with Crippen molar-refractivity contribution >= 4 is 12.0 Å². The second-order valence-corrected chi connectivity index (χ2v) is 6.45. The van der Waals surface area contributed by atoms with E-state index in [2.05, 4.69) is 10.6 Å². The Morgan fingerprint density at radius 2 is 1.85 bits per heavy atom. The average molecular weight is 284 g/mol. The molecule has 0 bridgehead atoms. The highest BCUT2D eigenvalue weighted by Gasteiger charge is 2.29. The molecule has 1 saturated carbocycles. The van der Waals surface area contributed by atoms with E-state index in [-0.39, 0.29) is 24.0 Å². The van der Waals surface area contributed by atoms with Gasteiger partial charge in [-0.05, 0) is 46.5 Å². The molecule has 0 aromatic carbocycles. The summed E-state index contributed by atoms with van der Waals surface area (Å²) in [5.74, 6) is 0.276. The van der Waals surface area contributed by atoms with E-state index in [1.54, 1.807) is 0 Å². The van der Waals surface area contributed by atoms with E-state index in [0.29, 0.717) is 13.0 Å². The molecule has 0 aliphatic heterocycles. The van der Waals surface area contributed by atoms with Gasteiger partial charge in [0.2, 0.25) is 5.91 Å². The van der Waals surface area contributed by atoms with Gasteiger partial charge in [0.25, 0.3) is 0 Å². The molecule has 0 unspecified atom stereocenters. The number of amides is 2. The molecular formula is C15H28N2O3. The van der Waals surface area contributed by atoms with Crippen molar-refractivity contribution in [3.63, 3.8) is 0 Å². The van der Waals surface area contributed by atoms with Gasteiger partial charge in [0.1, 0.15) is 5.60 Å². The van der Waals surface area contributed by atoms with Crippen LogP contribution in [-0.4, -0.2) is 30.2 Å². The summed E-state index contributed by atoms with van der Waals surface area (Å²) in [6.45, 7) is 8.10. The summed E-state index contributed by atoms with van der Waals surface area (Å²) in [5.41, 5.74) is -0.492. The van der Waals surface area contributed by atoms with Crippen molar-refractivity contribution in [3.05, 3.63) is 0 Å². The molecule has 0 aromatic heterocycles. The molecule has 116 valence electrons. The Hall–Kier alpha value is -1.26. The molecule has 0 heterocycles. The van der Waals surface area contributed by atoms with E-state index in [1.807, 2.05) is 27.7 Å². The quantitative estimate of drug-likeness (QED) is 0.834. The lowest BCUT2D eigenvalue weighted by Crippen LogP contribution is -2.45. The second-order valence-electron chi connectivity index (χ2n) is 6.45. The number of nitrogens with one attached hydrogen (secondary N) is 2. The third kappa shape index (κ3) is 6.26. The Morgan fingerprint density at radius 1 is 1.20 bits per heavy atom. The van der Waals surface area contributed by atoms with Crippen LogP contribution in [0.2, 0.25) is 0 Å². The first-order valence-electron chi connectivity index (χ1n) is 7.58. The lowest BCUT2D eigenvalue weighted by molar-refractivity contribution is -0.122. The van der Waals surface area contributed by atoms with Crippen LogP contribution in [0.15, 0.2) is 0 Å². The predicted molar refractivity (Wildman–Crippen MR) is 78.4 cm³/mol. The van der Waals surface area contributed by atoms with Gasteiger partial charge in [0.15, 0.2) is 0 Å². The molecule has 2 N–H and O–H groups in total. The SMILES string of the molecule is CCNC(=O)C[C@@H]1CCCC[C@H]1NC(=O)OC(C)(C)C. The highest BCUT2D eigenvalue weighted by atomic mass is 16.6. The smallest absolute Gasteiger partial charge is 0.407 e. The Morgan fingerprint density at radius 3 is 2.45 bits per heavy atom. The summed E-state index contributed by atoms with van der Waals surface area (Å²) < 4.78 is 5.29. The molecule has 1 aliphatic carbocycles. The zero-order valence-electron chi connectivity index (χ0n) is 13.1. The molecule has 0 aromatic rings. The molecule has 5 nitrogen and oxygen atoms in total. The first-order chi connectivity index (χ1) is 9.31. The molecule has 5 heteroatoms.